The van der Waals surface area contributed by atoms with E-state index in [9.17, 15) is 14.4 Å². The van der Waals surface area contributed by atoms with Gasteiger partial charge in [-0.15, -0.1) is 0 Å². The highest BCUT2D eigenvalue weighted by Crippen LogP contribution is 2.32. The van der Waals surface area contributed by atoms with Crippen LogP contribution in [0, 0.1) is 6.92 Å². The van der Waals surface area contributed by atoms with Gasteiger partial charge in [0.25, 0.3) is 0 Å². The second-order valence-electron chi connectivity index (χ2n) is 8.23. The zero-order valence-electron chi connectivity index (χ0n) is 16.6. The molecule has 2 fully saturated rings. The molecule has 2 amide bonds. The third kappa shape index (κ3) is 4.91. The Morgan fingerprint density at radius 1 is 1.18 bits per heavy atom. The van der Waals surface area contributed by atoms with E-state index in [2.05, 4.69) is 36.5 Å². The molecule has 152 valence electrons. The maximum atomic E-state index is 12.7. The summed E-state index contributed by atoms with van der Waals surface area (Å²) in [5, 5.41) is 11.9. The lowest BCUT2D eigenvalue weighted by molar-refractivity contribution is -0.137. The zero-order chi connectivity index (χ0) is 20.1. The molecule has 6 heteroatoms. The summed E-state index contributed by atoms with van der Waals surface area (Å²) in [4.78, 5) is 37.3. The van der Waals surface area contributed by atoms with Crippen molar-refractivity contribution < 1.29 is 19.5 Å². The van der Waals surface area contributed by atoms with Crippen LogP contribution in [0.2, 0.25) is 0 Å². The minimum atomic E-state index is -0.870. The minimum absolute atomic E-state index is 0.0102. The van der Waals surface area contributed by atoms with Gasteiger partial charge in [0.2, 0.25) is 11.8 Å². The summed E-state index contributed by atoms with van der Waals surface area (Å²) in [6.07, 6.45) is 4.23. The number of carbonyl (C=O) groups is 3. The molecular weight excluding hydrogens is 356 g/mol. The number of piperidine rings is 1. The van der Waals surface area contributed by atoms with Crippen LogP contribution in [0.4, 0.5) is 0 Å². The van der Waals surface area contributed by atoms with Crippen molar-refractivity contribution in [1.29, 1.82) is 0 Å². The van der Waals surface area contributed by atoms with Gasteiger partial charge in [0.15, 0.2) is 0 Å². The Morgan fingerprint density at radius 3 is 2.46 bits per heavy atom. The lowest BCUT2D eigenvalue weighted by atomic mass is 9.85. The first-order chi connectivity index (χ1) is 13.4. The molecule has 2 aliphatic rings. The lowest BCUT2D eigenvalue weighted by Gasteiger charge is -2.34. The van der Waals surface area contributed by atoms with Gasteiger partial charge >= 0.3 is 5.97 Å². The Kier molecular flexibility index (Phi) is 6.37. The number of aryl methyl sites for hydroxylation is 1. The first kappa shape index (κ1) is 20.4. The van der Waals surface area contributed by atoms with Crippen LogP contribution in [-0.4, -0.2) is 46.4 Å². The molecule has 0 bridgehead atoms. The fourth-order valence-corrected chi connectivity index (χ4v) is 4.61. The molecule has 6 nitrogen and oxygen atoms in total. The van der Waals surface area contributed by atoms with Crippen LogP contribution >= 0.6 is 0 Å². The fourth-order valence-electron chi connectivity index (χ4n) is 4.61. The number of hydrogen-bond acceptors (Lipinski definition) is 3. The van der Waals surface area contributed by atoms with Gasteiger partial charge in [0.1, 0.15) is 0 Å². The molecule has 2 N–H and O–H groups in total. The summed E-state index contributed by atoms with van der Waals surface area (Å²) in [6.45, 7) is 3.65. The van der Waals surface area contributed by atoms with Gasteiger partial charge in [-0.2, -0.15) is 0 Å². The number of nitrogens with one attached hydrogen (secondary N) is 1. The van der Waals surface area contributed by atoms with E-state index in [1.165, 1.54) is 11.1 Å². The van der Waals surface area contributed by atoms with Gasteiger partial charge in [-0.3, -0.25) is 14.4 Å². The Hall–Kier alpha value is -2.37. The van der Waals surface area contributed by atoms with E-state index in [4.69, 9.17) is 5.11 Å². The third-order valence-electron chi connectivity index (χ3n) is 6.35. The molecule has 0 saturated carbocycles. The second kappa shape index (κ2) is 8.76. The van der Waals surface area contributed by atoms with Gasteiger partial charge in [-0.05, 0) is 56.1 Å². The van der Waals surface area contributed by atoms with Gasteiger partial charge < -0.3 is 15.3 Å². The van der Waals surface area contributed by atoms with Crippen molar-refractivity contribution in [2.24, 2.45) is 0 Å². The number of likely N-dealkylation sites (tertiary alicyclic amines) is 1. The zero-order valence-corrected chi connectivity index (χ0v) is 16.6. The van der Waals surface area contributed by atoms with E-state index in [-0.39, 0.29) is 18.2 Å². The molecule has 1 atom stereocenters. The van der Waals surface area contributed by atoms with Gasteiger partial charge in [0, 0.05) is 37.9 Å². The van der Waals surface area contributed by atoms with Crippen LogP contribution in [0.15, 0.2) is 24.3 Å². The highest BCUT2D eigenvalue weighted by atomic mass is 16.4. The third-order valence-corrected chi connectivity index (χ3v) is 6.35. The molecule has 2 saturated heterocycles. The highest BCUT2D eigenvalue weighted by molar-refractivity contribution is 5.80. The van der Waals surface area contributed by atoms with Gasteiger partial charge in [-0.1, -0.05) is 24.3 Å². The summed E-state index contributed by atoms with van der Waals surface area (Å²) in [6, 6.07) is 8.46. The molecule has 0 spiro atoms. The number of rotatable bonds is 7. The van der Waals surface area contributed by atoms with Crippen molar-refractivity contribution in [3.05, 3.63) is 35.4 Å². The number of aliphatic carboxylic acids is 1. The van der Waals surface area contributed by atoms with Crippen LogP contribution < -0.4 is 5.32 Å². The summed E-state index contributed by atoms with van der Waals surface area (Å²) in [7, 11) is 0. The number of nitrogens with zero attached hydrogens (tertiary/aromatic N) is 1. The predicted octanol–water partition coefficient (Wildman–Crippen LogP) is 2.99. The largest absolute Gasteiger partial charge is 0.481 e. The fraction of sp³-hybridized carbons (Fsp3) is 0.591. The first-order valence-electron chi connectivity index (χ1n) is 10.2. The number of carboxylic acids is 1. The molecular formula is C22H30N2O4. The topological polar surface area (TPSA) is 86.7 Å². The molecule has 28 heavy (non-hydrogen) atoms. The van der Waals surface area contributed by atoms with E-state index < -0.39 is 11.5 Å². The first-order valence-corrected chi connectivity index (χ1v) is 10.2. The van der Waals surface area contributed by atoms with Gasteiger partial charge in [-0.25, -0.2) is 0 Å². The van der Waals surface area contributed by atoms with Crippen molar-refractivity contribution in [3.8, 4) is 0 Å². The van der Waals surface area contributed by atoms with Crippen LogP contribution in [0.5, 0.6) is 0 Å². The minimum Gasteiger partial charge on any atom is -0.481 e. The predicted molar refractivity (Wildman–Crippen MR) is 106 cm³/mol. The van der Waals surface area contributed by atoms with Crippen molar-refractivity contribution in [3.63, 3.8) is 0 Å². The van der Waals surface area contributed by atoms with Crippen LogP contribution in [0.1, 0.15) is 68.4 Å². The maximum absolute atomic E-state index is 12.7. The second-order valence-corrected chi connectivity index (χ2v) is 8.23. The number of hydrogen-bond donors (Lipinski definition) is 2. The van der Waals surface area contributed by atoms with Crippen LogP contribution in [0.25, 0.3) is 0 Å². The highest BCUT2D eigenvalue weighted by Gasteiger charge is 2.38. The molecule has 2 heterocycles. The van der Waals surface area contributed by atoms with Crippen molar-refractivity contribution in [2.45, 2.75) is 69.7 Å². The Labute approximate surface area is 166 Å². The van der Waals surface area contributed by atoms with E-state index in [0.717, 1.165) is 25.9 Å². The quantitative estimate of drug-likeness (QED) is 0.754. The van der Waals surface area contributed by atoms with E-state index in [1.807, 2.05) is 4.90 Å². The molecule has 0 unspecified atom stereocenters. The maximum Gasteiger partial charge on any atom is 0.303 e. The van der Waals surface area contributed by atoms with Crippen molar-refractivity contribution >= 4 is 17.8 Å². The molecule has 3 rings (SSSR count). The Morgan fingerprint density at radius 2 is 1.86 bits per heavy atom. The SMILES string of the molecule is Cc1ccccc1C1CCN(C(=O)CC[C@@]2(CCC(=O)O)CCC(=O)N2)CC1. The molecule has 1 aromatic rings. The number of amides is 2. The molecule has 0 aromatic heterocycles. The van der Waals surface area contributed by atoms with E-state index >= 15 is 0 Å². The monoisotopic (exact) mass is 386 g/mol. The van der Waals surface area contributed by atoms with Crippen molar-refractivity contribution in [1.82, 2.24) is 10.2 Å². The summed E-state index contributed by atoms with van der Waals surface area (Å²) in [5.41, 5.74) is 2.16. The van der Waals surface area contributed by atoms with Crippen molar-refractivity contribution in [2.75, 3.05) is 13.1 Å². The summed E-state index contributed by atoms with van der Waals surface area (Å²) >= 11 is 0. The normalized spacial score (nSPS) is 22.9. The molecule has 2 aliphatic heterocycles. The number of carbonyl (C=O) groups excluding carboxylic acids is 2. The molecule has 1 aromatic carbocycles. The summed E-state index contributed by atoms with van der Waals surface area (Å²) < 4.78 is 0. The van der Waals surface area contributed by atoms with E-state index in [0.29, 0.717) is 38.0 Å². The van der Waals surface area contributed by atoms with E-state index in [1.54, 1.807) is 0 Å². The summed E-state index contributed by atoms with van der Waals surface area (Å²) in [5.74, 6) is -0.303. The average molecular weight is 386 g/mol. The molecule has 0 radical (unpaired) electrons. The number of benzene rings is 1. The van der Waals surface area contributed by atoms with Gasteiger partial charge in [0.05, 0.1) is 0 Å². The Balaban J connectivity index is 1.51. The smallest absolute Gasteiger partial charge is 0.303 e. The standard InChI is InChI=1S/C22H30N2O4/c1-16-4-2-3-5-18(16)17-9-14-24(15-10-17)20(26)7-12-22(13-8-21(27)28)11-6-19(25)23-22/h2-5,17H,6-15H2,1H3,(H,23,25)(H,27,28)/t22-/m1/s1. The Bertz CT molecular complexity index is 740. The average Bonchev–Trinajstić information content (AvgIpc) is 3.06. The van der Waals surface area contributed by atoms with Crippen LogP contribution in [-0.2, 0) is 14.4 Å². The molecule has 0 aliphatic carbocycles. The van der Waals surface area contributed by atoms with Crippen LogP contribution in [0.3, 0.4) is 0 Å². The lowest BCUT2D eigenvalue weighted by Crippen LogP contribution is -2.44. The number of carboxylic acid groups (broad SMARTS) is 1.